The van der Waals surface area contributed by atoms with E-state index in [2.05, 4.69) is 22.4 Å². The van der Waals surface area contributed by atoms with E-state index < -0.39 is 0 Å². The van der Waals surface area contributed by atoms with Crippen LogP contribution in [-0.2, 0) is 6.42 Å². The molecule has 0 bridgehead atoms. The van der Waals surface area contributed by atoms with E-state index in [0.717, 1.165) is 19.4 Å². The van der Waals surface area contributed by atoms with Crippen LogP contribution in [0.1, 0.15) is 12.0 Å². The molecular weight excluding hydrogens is 298 g/mol. The first kappa shape index (κ1) is 14.8. The Morgan fingerprint density at radius 1 is 1.41 bits per heavy atom. The average Bonchev–Trinajstić information content (AvgIpc) is 3.21. The van der Waals surface area contributed by atoms with Gasteiger partial charge < -0.3 is 15.0 Å². The fourth-order valence-corrected chi connectivity index (χ4v) is 3.04. The summed E-state index contributed by atoms with van der Waals surface area (Å²) < 4.78 is 5.76. The Hall–Kier alpha value is -2.08. The molecule has 0 spiro atoms. The Labute approximate surface area is 133 Å². The zero-order valence-corrected chi connectivity index (χ0v) is 13.1. The van der Waals surface area contributed by atoms with Gasteiger partial charge in [-0.15, -0.1) is 0 Å². The lowest BCUT2D eigenvalue weighted by atomic mass is 10.1. The van der Waals surface area contributed by atoms with Gasteiger partial charge >= 0.3 is 6.03 Å². The molecule has 1 atom stereocenters. The van der Waals surface area contributed by atoms with Crippen LogP contribution in [0.4, 0.5) is 4.79 Å². The number of hydrogen-bond donors (Lipinski definition) is 1. The summed E-state index contributed by atoms with van der Waals surface area (Å²) in [5.41, 5.74) is 1.23. The zero-order chi connectivity index (χ0) is 15.2. The Balaban J connectivity index is 1.40. The minimum absolute atomic E-state index is 0.0128. The molecule has 1 aliphatic heterocycles. The molecule has 6 heteroatoms. The van der Waals surface area contributed by atoms with Crippen molar-refractivity contribution < 1.29 is 9.53 Å². The van der Waals surface area contributed by atoms with Crippen molar-refractivity contribution >= 4 is 17.4 Å². The highest BCUT2D eigenvalue weighted by atomic mass is 32.1. The monoisotopic (exact) mass is 317 g/mol. The molecule has 2 aromatic rings. The van der Waals surface area contributed by atoms with Crippen molar-refractivity contribution in [3.8, 4) is 5.19 Å². The highest BCUT2D eigenvalue weighted by molar-refractivity contribution is 7.11. The van der Waals surface area contributed by atoms with Gasteiger partial charge in [0.25, 0.3) is 5.19 Å². The van der Waals surface area contributed by atoms with Gasteiger partial charge in [0, 0.05) is 31.1 Å². The number of nitrogens with zero attached hydrogens (tertiary/aromatic N) is 2. The number of aromatic nitrogens is 1. The van der Waals surface area contributed by atoms with E-state index in [1.54, 1.807) is 6.20 Å². The molecule has 22 heavy (non-hydrogen) atoms. The van der Waals surface area contributed by atoms with Crippen molar-refractivity contribution in [2.45, 2.75) is 18.9 Å². The van der Waals surface area contributed by atoms with Crippen molar-refractivity contribution in [2.75, 3.05) is 19.6 Å². The van der Waals surface area contributed by atoms with Crippen LogP contribution >= 0.6 is 11.3 Å². The number of nitrogens with one attached hydrogen (secondary N) is 1. The summed E-state index contributed by atoms with van der Waals surface area (Å²) in [6.07, 6.45) is 3.47. The second-order valence-corrected chi connectivity index (χ2v) is 6.10. The second-order valence-electron chi connectivity index (χ2n) is 5.24. The number of benzene rings is 1. The minimum atomic E-state index is -0.0128. The third-order valence-electron chi connectivity index (χ3n) is 3.64. The molecule has 5 nitrogen and oxygen atoms in total. The number of rotatable bonds is 5. The predicted molar refractivity (Wildman–Crippen MR) is 86.3 cm³/mol. The maximum Gasteiger partial charge on any atom is 0.317 e. The number of carbonyl (C=O) groups excluding carboxylic acids is 1. The lowest BCUT2D eigenvalue weighted by Gasteiger charge is -2.17. The van der Waals surface area contributed by atoms with Crippen LogP contribution in [-0.4, -0.2) is 41.7 Å². The largest absolute Gasteiger partial charge is 0.465 e. The molecule has 2 amide bonds. The third kappa shape index (κ3) is 3.98. The number of thiazole rings is 1. The molecular formula is C16H19N3O2S. The molecule has 116 valence electrons. The van der Waals surface area contributed by atoms with Crippen LogP contribution in [0, 0.1) is 0 Å². The van der Waals surface area contributed by atoms with Gasteiger partial charge in [-0.25, -0.2) is 9.78 Å². The number of likely N-dealkylation sites (tertiary alicyclic amines) is 1. The van der Waals surface area contributed by atoms with Crippen molar-refractivity contribution in [3.63, 3.8) is 0 Å². The molecule has 1 saturated heterocycles. The lowest BCUT2D eigenvalue weighted by Crippen LogP contribution is -2.40. The fourth-order valence-electron chi connectivity index (χ4n) is 2.49. The van der Waals surface area contributed by atoms with Gasteiger partial charge in [-0.1, -0.05) is 41.7 Å². The zero-order valence-electron chi connectivity index (χ0n) is 12.3. The van der Waals surface area contributed by atoms with Gasteiger partial charge in [-0.2, -0.15) is 0 Å². The van der Waals surface area contributed by atoms with Gasteiger partial charge in [0.2, 0.25) is 0 Å². The summed E-state index contributed by atoms with van der Waals surface area (Å²) in [6, 6.07) is 10.1. The maximum atomic E-state index is 12.1. The van der Waals surface area contributed by atoms with Crippen LogP contribution in [0.15, 0.2) is 41.9 Å². The lowest BCUT2D eigenvalue weighted by molar-refractivity contribution is 0.186. The SMILES string of the molecule is O=C(NCCc1ccccc1)N1CCC(Oc2nccs2)C1. The van der Waals surface area contributed by atoms with Crippen molar-refractivity contribution in [2.24, 2.45) is 0 Å². The Morgan fingerprint density at radius 2 is 2.27 bits per heavy atom. The molecule has 0 saturated carbocycles. The average molecular weight is 317 g/mol. The normalized spacial score (nSPS) is 17.5. The van der Waals surface area contributed by atoms with Crippen molar-refractivity contribution in [1.29, 1.82) is 0 Å². The van der Waals surface area contributed by atoms with Gasteiger partial charge in [0.1, 0.15) is 6.10 Å². The van der Waals surface area contributed by atoms with Crippen LogP contribution in [0.5, 0.6) is 5.19 Å². The summed E-state index contributed by atoms with van der Waals surface area (Å²) in [6.45, 7) is 2.00. The van der Waals surface area contributed by atoms with Gasteiger partial charge in [-0.05, 0) is 12.0 Å². The molecule has 1 aliphatic rings. The maximum absolute atomic E-state index is 12.1. The Bertz CT molecular complexity index is 589. The van der Waals surface area contributed by atoms with E-state index in [4.69, 9.17) is 4.74 Å². The molecule has 1 fully saturated rings. The fraction of sp³-hybridized carbons (Fsp3) is 0.375. The van der Waals surface area contributed by atoms with Crippen LogP contribution < -0.4 is 10.1 Å². The first-order valence-corrected chi connectivity index (χ1v) is 8.32. The topological polar surface area (TPSA) is 54.5 Å². The molecule has 3 rings (SSSR count). The quantitative estimate of drug-likeness (QED) is 0.922. The summed E-state index contributed by atoms with van der Waals surface area (Å²) in [5.74, 6) is 0. The third-order valence-corrected chi connectivity index (χ3v) is 4.30. The molecule has 1 aromatic heterocycles. The van der Waals surface area contributed by atoms with E-state index in [1.165, 1.54) is 16.9 Å². The number of urea groups is 1. The van der Waals surface area contributed by atoms with E-state index in [9.17, 15) is 4.79 Å². The molecule has 1 N–H and O–H groups in total. The Morgan fingerprint density at radius 3 is 3.05 bits per heavy atom. The van der Waals surface area contributed by atoms with Gasteiger partial charge in [-0.3, -0.25) is 0 Å². The number of ether oxygens (including phenoxy) is 1. The van der Waals surface area contributed by atoms with Gasteiger partial charge in [0.15, 0.2) is 0 Å². The highest BCUT2D eigenvalue weighted by Gasteiger charge is 2.27. The highest BCUT2D eigenvalue weighted by Crippen LogP contribution is 2.20. The molecule has 0 radical (unpaired) electrons. The summed E-state index contributed by atoms with van der Waals surface area (Å²) >= 11 is 1.48. The van der Waals surface area contributed by atoms with Crippen LogP contribution in [0.3, 0.4) is 0 Å². The number of amides is 2. The van der Waals surface area contributed by atoms with Gasteiger partial charge in [0.05, 0.1) is 6.54 Å². The number of carbonyl (C=O) groups is 1. The standard InChI is InChI=1S/C16H19N3O2S/c20-15(17-8-6-13-4-2-1-3-5-13)19-10-7-14(12-19)21-16-18-9-11-22-16/h1-5,9,11,14H,6-8,10,12H2,(H,17,20). The number of hydrogen-bond acceptors (Lipinski definition) is 4. The van der Waals surface area contributed by atoms with Crippen LogP contribution in [0.2, 0.25) is 0 Å². The van der Waals surface area contributed by atoms with E-state index in [1.807, 2.05) is 28.5 Å². The van der Waals surface area contributed by atoms with E-state index >= 15 is 0 Å². The first-order valence-electron chi connectivity index (χ1n) is 7.44. The Kier molecular flexibility index (Phi) is 4.90. The second kappa shape index (κ2) is 7.26. The summed E-state index contributed by atoms with van der Waals surface area (Å²) in [4.78, 5) is 18.0. The summed E-state index contributed by atoms with van der Waals surface area (Å²) in [5, 5.41) is 5.54. The van der Waals surface area contributed by atoms with E-state index in [0.29, 0.717) is 18.3 Å². The minimum Gasteiger partial charge on any atom is -0.465 e. The van der Waals surface area contributed by atoms with Crippen LogP contribution in [0.25, 0.3) is 0 Å². The predicted octanol–water partition coefficient (Wildman–Crippen LogP) is 2.55. The van der Waals surface area contributed by atoms with Crippen molar-refractivity contribution in [3.05, 3.63) is 47.5 Å². The molecule has 2 heterocycles. The molecule has 1 unspecified atom stereocenters. The van der Waals surface area contributed by atoms with E-state index in [-0.39, 0.29) is 12.1 Å². The molecule has 1 aromatic carbocycles. The smallest absolute Gasteiger partial charge is 0.317 e. The first-order chi connectivity index (χ1) is 10.8. The summed E-state index contributed by atoms with van der Waals surface area (Å²) in [7, 11) is 0. The molecule has 0 aliphatic carbocycles. The van der Waals surface area contributed by atoms with Crippen molar-refractivity contribution in [1.82, 2.24) is 15.2 Å².